The number of hydrogen-bond donors (Lipinski definition) is 0. The average molecular weight is 568 g/mol. The summed E-state index contributed by atoms with van der Waals surface area (Å²) in [7, 11) is 0. The van der Waals surface area contributed by atoms with E-state index in [9.17, 15) is 62.3 Å². The lowest BCUT2D eigenvalue weighted by atomic mass is 10.1. The van der Waals surface area contributed by atoms with Gasteiger partial charge in [0.2, 0.25) is 11.8 Å². The summed E-state index contributed by atoms with van der Waals surface area (Å²) in [6.45, 7) is 0. The van der Waals surface area contributed by atoms with Crippen LogP contribution < -0.4 is 9.47 Å². The number of carbonyl (C=O) groups is 2. The van der Waals surface area contributed by atoms with Crippen molar-refractivity contribution in [2.24, 2.45) is 11.8 Å². The number of ether oxygens (including phenoxy) is 2. The number of halogens is 12. The van der Waals surface area contributed by atoms with E-state index in [0.717, 1.165) is 48.5 Å². The maximum atomic E-state index is 12.6. The highest BCUT2D eigenvalue weighted by Gasteiger charge is 2.63. The minimum absolute atomic E-state index is 0.293. The fourth-order valence-electron chi connectivity index (χ4n) is 2.74. The van der Waals surface area contributed by atoms with Gasteiger partial charge in [-0.3, -0.25) is 9.59 Å². The molecular weight excluding hydrogens is 556 g/mol. The molecule has 4 nitrogen and oxygen atoms in total. The zero-order valence-corrected chi connectivity index (χ0v) is 18.1. The molecule has 0 aliphatic rings. The van der Waals surface area contributed by atoms with Crippen molar-refractivity contribution in [2.45, 2.75) is 24.7 Å². The van der Waals surface area contributed by atoms with Crippen LogP contribution in [0.1, 0.15) is 11.1 Å². The van der Waals surface area contributed by atoms with Gasteiger partial charge in [-0.15, -0.1) is 0 Å². The predicted octanol–water partition coefficient (Wildman–Crippen LogP) is 7.15. The third-order valence-electron chi connectivity index (χ3n) is 4.45. The molecule has 16 heteroatoms. The molecule has 0 bridgehead atoms. The fraction of sp³-hybridized carbons (Fsp3) is 0.273. The zero-order chi connectivity index (χ0) is 29.1. The van der Waals surface area contributed by atoms with E-state index in [1.807, 2.05) is 0 Å². The molecule has 0 saturated carbocycles. The Morgan fingerprint density at radius 1 is 0.500 bits per heavy atom. The van der Waals surface area contributed by atoms with E-state index in [0.29, 0.717) is 11.1 Å². The molecular formula is C22H12F12O4. The second-order valence-electron chi connectivity index (χ2n) is 7.35. The predicted molar refractivity (Wildman–Crippen MR) is 104 cm³/mol. The number of carbonyl (C=O) groups excluding carboxylic acids is 2. The van der Waals surface area contributed by atoms with Gasteiger partial charge in [0.1, 0.15) is 11.5 Å². The molecule has 0 radical (unpaired) electrons. The quantitative estimate of drug-likeness (QED) is 0.161. The van der Waals surface area contributed by atoms with E-state index in [4.69, 9.17) is 0 Å². The van der Waals surface area contributed by atoms with Crippen molar-refractivity contribution in [1.82, 2.24) is 0 Å². The van der Waals surface area contributed by atoms with E-state index in [1.165, 1.54) is 12.2 Å². The van der Waals surface area contributed by atoms with Crippen molar-refractivity contribution >= 4 is 24.1 Å². The number of alkyl halides is 12. The molecule has 0 saturated heterocycles. The van der Waals surface area contributed by atoms with Crippen LogP contribution >= 0.6 is 0 Å². The number of rotatable bonds is 6. The largest absolute Gasteiger partial charge is 0.426 e. The first kappa shape index (κ1) is 30.5. The van der Waals surface area contributed by atoms with Gasteiger partial charge in [-0.1, -0.05) is 36.4 Å². The highest BCUT2D eigenvalue weighted by Crippen LogP contribution is 2.41. The standard InChI is InChI=1S/C22H12F12O4/c23-19(24,25)15(20(26,27)28)17(35)37-13-7-3-11(4-8-13)1-2-12-5-9-14(10-6-12)38-18(36)16(21(29,30)31)22(32,33)34/h1-10,15-16H/b2-1+. The molecule has 2 aromatic rings. The Hall–Kier alpha value is -3.72. The number of benzene rings is 2. The molecule has 38 heavy (non-hydrogen) atoms. The Labute approximate surface area is 204 Å². The fourth-order valence-corrected chi connectivity index (χ4v) is 2.74. The molecule has 0 amide bonds. The third kappa shape index (κ3) is 8.41. The maximum absolute atomic E-state index is 12.6. The smallest absolute Gasteiger partial charge is 0.411 e. The normalized spacial score (nSPS) is 13.3. The van der Waals surface area contributed by atoms with Gasteiger partial charge < -0.3 is 9.47 Å². The summed E-state index contributed by atoms with van der Waals surface area (Å²) >= 11 is 0. The van der Waals surface area contributed by atoms with E-state index in [2.05, 4.69) is 9.47 Å². The van der Waals surface area contributed by atoms with Crippen LogP contribution in [0.15, 0.2) is 48.5 Å². The number of hydrogen-bond acceptors (Lipinski definition) is 4. The average Bonchev–Trinajstić information content (AvgIpc) is 2.69. The summed E-state index contributed by atoms with van der Waals surface area (Å²) in [6.07, 6.45) is -21.0. The first-order valence-corrected chi connectivity index (χ1v) is 9.78. The molecule has 0 N–H and O–H groups in total. The first-order chi connectivity index (χ1) is 17.2. The lowest BCUT2D eigenvalue weighted by Crippen LogP contribution is -2.44. The van der Waals surface area contributed by atoms with Crippen LogP contribution in [0.25, 0.3) is 12.2 Å². The van der Waals surface area contributed by atoms with E-state index >= 15 is 0 Å². The van der Waals surface area contributed by atoms with Crippen molar-refractivity contribution < 1.29 is 71.7 Å². The Balaban J connectivity index is 2.05. The Kier molecular flexibility index (Phi) is 8.79. The molecule has 208 valence electrons. The van der Waals surface area contributed by atoms with Crippen LogP contribution in [0, 0.1) is 11.8 Å². The SMILES string of the molecule is O=C(Oc1ccc(/C=C/c2ccc(OC(=O)C(C(F)(F)F)C(F)(F)F)cc2)cc1)C(C(F)(F)F)C(F)(F)F. The second kappa shape index (κ2) is 10.9. The topological polar surface area (TPSA) is 52.6 Å². The molecule has 0 spiro atoms. The lowest BCUT2D eigenvalue weighted by molar-refractivity contribution is -0.281. The van der Waals surface area contributed by atoms with Crippen LogP contribution in [0.3, 0.4) is 0 Å². The van der Waals surface area contributed by atoms with Gasteiger partial charge in [-0.2, -0.15) is 52.7 Å². The molecule has 0 aromatic heterocycles. The third-order valence-corrected chi connectivity index (χ3v) is 4.45. The van der Waals surface area contributed by atoms with Crippen LogP contribution in [-0.4, -0.2) is 36.6 Å². The van der Waals surface area contributed by atoms with Crippen molar-refractivity contribution in [2.75, 3.05) is 0 Å². The molecule has 0 aliphatic heterocycles. The van der Waals surface area contributed by atoms with Gasteiger partial charge in [-0.05, 0) is 35.4 Å². The summed E-state index contributed by atoms with van der Waals surface area (Å²) in [4.78, 5) is 22.8. The molecule has 0 heterocycles. The highest BCUT2D eigenvalue weighted by molar-refractivity contribution is 5.78. The summed E-state index contributed by atoms with van der Waals surface area (Å²) < 4.78 is 159. The van der Waals surface area contributed by atoms with Crippen molar-refractivity contribution in [3.05, 3.63) is 59.7 Å². The molecule has 0 atom stereocenters. The van der Waals surface area contributed by atoms with Crippen LogP contribution in [0.4, 0.5) is 52.7 Å². The van der Waals surface area contributed by atoms with Crippen LogP contribution in [-0.2, 0) is 9.59 Å². The van der Waals surface area contributed by atoms with E-state index in [1.54, 1.807) is 0 Å². The summed E-state index contributed by atoms with van der Waals surface area (Å²) in [5, 5.41) is 0. The van der Waals surface area contributed by atoms with Crippen molar-refractivity contribution in [3.63, 3.8) is 0 Å². The van der Waals surface area contributed by atoms with Gasteiger partial charge in [0.05, 0.1) is 0 Å². The second-order valence-corrected chi connectivity index (χ2v) is 7.35. The molecule has 0 unspecified atom stereocenters. The van der Waals surface area contributed by atoms with Crippen LogP contribution in [0.5, 0.6) is 11.5 Å². The summed E-state index contributed by atoms with van der Waals surface area (Å²) in [6, 6.07) is 8.23. The molecule has 2 aromatic carbocycles. The zero-order valence-electron chi connectivity index (χ0n) is 18.1. The molecule has 0 aliphatic carbocycles. The van der Waals surface area contributed by atoms with E-state index in [-0.39, 0.29) is 0 Å². The summed E-state index contributed by atoms with van der Waals surface area (Å²) in [5.74, 6) is -15.1. The first-order valence-electron chi connectivity index (χ1n) is 9.78. The van der Waals surface area contributed by atoms with Gasteiger partial charge in [0.25, 0.3) is 0 Å². The lowest BCUT2D eigenvalue weighted by Gasteiger charge is -2.21. The minimum atomic E-state index is -5.93. The summed E-state index contributed by atoms with van der Waals surface area (Å²) in [5.41, 5.74) is 0.586. The van der Waals surface area contributed by atoms with Crippen molar-refractivity contribution in [1.29, 1.82) is 0 Å². The van der Waals surface area contributed by atoms with Gasteiger partial charge >= 0.3 is 36.6 Å². The number of esters is 2. The Bertz CT molecular complexity index is 1020. The van der Waals surface area contributed by atoms with E-state index < -0.39 is 60.0 Å². The molecule has 2 rings (SSSR count). The molecule has 0 fully saturated rings. The highest BCUT2D eigenvalue weighted by atomic mass is 19.4. The monoisotopic (exact) mass is 568 g/mol. The Morgan fingerprint density at radius 2 is 0.737 bits per heavy atom. The Morgan fingerprint density at radius 3 is 0.947 bits per heavy atom. The maximum Gasteiger partial charge on any atom is 0.411 e. The van der Waals surface area contributed by atoms with Gasteiger partial charge in [0.15, 0.2) is 0 Å². The minimum Gasteiger partial charge on any atom is -0.426 e. The van der Waals surface area contributed by atoms with Gasteiger partial charge in [0, 0.05) is 0 Å². The van der Waals surface area contributed by atoms with Gasteiger partial charge in [-0.25, -0.2) is 0 Å². The van der Waals surface area contributed by atoms with Crippen LogP contribution in [0.2, 0.25) is 0 Å². The van der Waals surface area contributed by atoms with Crippen molar-refractivity contribution in [3.8, 4) is 11.5 Å².